The summed E-state index contributed by atoms with van der Waals surface area (Å²) in [5.41, 5.74) is 0. The smallest absolute Gasteiger partial charge is 0.217 e. The minimum Gasteiger partial charge on any atom is -0.353 e. The van der Waals surface area contributed by atoms with Gasteiger partial charge in [-0.1, -0.05) is 0 Å². The van der Waals surface area contributed by atoms with Crippen LogP contribution in [0.3, 0.4) is 0 Å². The molecule has 0 spiro atoms. The fraction of sp³-hybridized carbons (Fsp3) is 0.889. The zero-order valence-electron chi connectivity index (χ0n) is 7.22. The lowest BCUT2D eigenvalue weighted by Crippen LogP contribution is -2.37. The molecule has 0 heterocycles. The molecule has 2 aliphatic carbocycles. The van der Waals surface area contributed by atoms with Gasteiger partial charge in [-0.25, -0.2) is 0 Å². The molecule has 0 aromatic heterocycles. The van der Waals surface area contributed by atoms with E-state index in [1.807, 2.05) is 0 Å². The molecule has 4 atom stereocenters. The van der Waals surface area contributed by atoms with Gasteiger partial charge >= 0.3 is 0 Å². The minimum absolute atomic E-state index is 0.0800. The molecular formula is C9H14ClNO. The number of hydrogen-bond donors (Lipinski definition) is 1. The quantitative estimate of drug-likeness (QED) is 0.620. The van der Waals surface area contributed by atoms with E-state index in [-0.39, 0.29) is 5.91 Å². The lowest BCUT2D eigenvalue weighted by molar-refractivity contribution is -0.120. The molecule has 0 unspecified atom stereocenters. The van der Waals surface area contributed by atoms with Crippen molar-refractivity contribution in [2.24, 2.45) is 11.8 Å². The average Bonchev–Trinajstić information content (AvgIpc) is 2.44. The summed E-state index contributed by atoms with van der Waals surface area (Å²) in [6.07, 6.45) is 3.55. The topological polar surface area (TPSA) is 29.1 Å². The van der Waals surface area contributed by atoms with E-state index in [9.17, 15) is 4.79 Å². The molecular weight excluding hydrogens is 174 g/mol. The Bertz CT molecular complexity index is 207. The third kappa shape index (κ3) is 1.22. The van der Waals surface area contributed by atoms with Gasteiger partial charge in [0.05, 0.1) is 0 Å². The van der Waals surface area contributed by atoms with Crippen molar-refractivity contribution < 1.29 is 4.79 Å². The number of alkyl halides is 1. The maximum absolute atomic E-state index is 10.8. The summed E-state index contributed by atoms with van der Waals surface area (Å²) in [6, 6.07) is 0.365. The maximum Gasteiger partial charge on any atom is 0.217 e. The Balaban J connectivity index is 1.99. The fourth-order valence-electron chi connectivity index (χ4n) is 2.67. The largest absolute Gasteiger partial charge is 0.353 e. The van der Waals surface area contributed by atoms with Gasteiger partial charge in [-0.3, -0.25) is 4.79 Å². The second-order valence-electron chi connectivity index (χ2n) is 3.99. The Morgan fingerprint density at radius 3 is 2.67 bits per heavy atom. The highest BCUT2D eigenvalue weighted by molar-refractivity contribution is 6.21. The molecule has 0 aromatic rings. The van der Waals surface area contributed by atoms with Crippen molar-refractivity contribution in [3.8, 4) is 0 Å². The number of halogens is 1. The lowest BCUT2D eigenvalue weighted by atomic mass is 9.95. The van der Waals surface area contributed by atoms with Gasteiger partial charge in [0.25, 0.3) is 0 Å². The molecule has 2 aliphatic rings. The SMILES string of the molecule is CC(=O)N[C@@H]1C[C@H]2CC[C@@H]1[C@H]2Cl. The predicted molar refractivity (Wildman–Crippen MR) is 48.1 cm³/mol. The zero-order chi connectivity index (χ0) is 8.72. The summed E-state index contributed by atoms with van der Waals surface area (Å²) in [4.78, 5) is 10.8. The van der Waals surface area contributed by atoms with E-state index in [1.54, 1.807) is 6.92 Å². The Hall–Kier alpha value is -0.240. The van der Waals surface area contributed by atoms with Crippen molar-refractivity contribution in [1.82, 2.24) is 5.32 Å². The van der Waals surface area contributed by atoms with Crippen molar-refractivity contribution >= 4 is 17.5 Å². The molecule has 2 saturated carbocycles. The molecule has 1 N–H and O–H groups in total. The van der Waals surface area contributed by atoms with Gasteiger partial charge in [-0.05, 0) is 31.1 Å². The summed E-state index contributed by atoms with van der Waals surface area (Å²) >= 11 is 6.20. The number of nitrogens with one attached hydrogen (secondary N) is 1. The van der Waals surface area contributed by atoms with Crippen molar-refractivity contribution in [3.05, 3.63) is 0 Å². The molecule has 12 heavy (non-hydrogen) atoms. The molecule has 0 aromatic carbocycles. The molecule has 0 saturated heterocycles. The van der Waals surface area contributed by atoms with Crippen molar-refractivity contribution in [2.75, 3.05) is 0 Å². The Kier molecular flexibility index (Phi) is 2.03. The summed E-state index contributed by atoms with van der Waals surface area (Å²) in [5, 5.41) is 3.30. The highest BCUT2D eigenvalue weighted by Crippen LogP contribution is 2.47. The van der Waals surface area contributed by atoms with E-state index in [0.717, 1.165) is 6.42 Å². The highest BCUT2D eigenvalue weighted by atomic mass is 35.5. The third-order valence-electron chi connectivity index (χ3n) is 3.19. The standard InChI is InChI=1S/C9H14ClNO/c1-5(12)11-8-4-6-2-3-7(8)9(6)10/h6-9H,2-4H2,1H3,(H,11,12)/t6-,7+,8-,9+/m1/s1. The number of hydrogen-bond acceptors (Lipinski definition) is 1. The molecule has 2 fully saturated rings. The van der Waals surface area contributed by atoms with Gasteiger partial charge in [0, 0.05) is 18.3 Å². The Morgan fingerprint density at radius 2 is 2.25 bits per heavy atom. The van der Waals surface area contributed by atoms with Crippen LogP contribution in [0.15, 0.2) is 0 Å². The van der Waals surface area contributed by atoms with Gasteiger partial charge in [0.2, 0.25) is 5.91 Å². The summed E-state index contributed by atoms with van der Waals surface area (Å²) in [7, 11) is 0. The van der Waals surface area contributed by atoms with Crippen LogP contribution < -0.4 is 5.32 Å². The first-order valence-corrected chi connectivity index (χ1v) is 5.03. The van der Waals surface area contributed by atoms with Gasteiger partial charge in [0.15, 0.2) is 0 Å². The van der Waals surface area contributed by atoms with Crippen LogP contribution in [0.25, 0.3) is 0 Å². The van der Waals surface area contributed by atoms with Crippen LogP contribution in [0.5, 0.6) is 0 Å². The van der Waals surface area contributed by atoms with Crippen LogP contribution >= 0.6 is 11.6 Å². The van der Waals surface area contributed by atoms with E-state index >= 15 is 0 Å². The first-order chi connectivity index (χ1) is 5.68. The predicted octanol–water partition coefficient (Wildman–Crippen LogP) is 1.53. The van der Waals surface area contributed by atoms with Crippen molar-refractivity contribution in [2.45, 2.75) is 37.6 Å². The first kappa shape index (κ1) is 8.36. The zero-order valence-corrected chi connectivity index (χ0v) is 7.97. The molecule has 0 radical (unpaired) electrons. The summed E-state index contributed by atoms with van der Waals surface area (Å²) in [6.45, 7) is 1.58. The number of amides is 1. The average molecular weight is 188 g/mol. The fourth-order valence-corrected chi connectivity index (χ4v) is 3.20. The monoisotopic (exact) mass is 187 g/mol. The van der Waals surface area contributed by atoms with E-state index in [4.69, 9.17) is 11.6 Å². The van der Waals surface area contributed by atoms with Gasteiger partial charge in [-0.15, -0.1) is 11.6 Å². The van der Waals surface area contributed by atoms with Gasteiger partial charge in [-0.2, -0.15) is 0 Å². The van der Waals surface area contributed by atoms with Crippen LogP contribution in [-0.2, 0) is 4.79 Å². The van der Waals surface area contributed by atoms with Crippen LogP contribution in [-0.4, -0.2) is 17.3 Å². The van der Waals surface area contributed by atoms with Crippen molar-refractivity contribution in [1.29, 1.82) is 0 Å². The number of carbonyl (C=O) groups is 1. The minimum atomic E-state index is 0.0800. The van der Waals surface area contributed by atoms with E-state index in [1.165, 1.54) is 12.8 Å². The highest BCUT2D eigenvalue weighted by Gasteiger charge is 2.47. The molecule has 1 amide bonds. The molecule has 0 aliphatic heterocycles. The maximum atomic E-state index is 10.8. The summed E-state index contributed by atoms with van der Waals surface area (Å²) < 4.78 is 0. The van der Waals surface area contributed by atoms with Crippen LogP contribution in [0.2, 0.25) is 0 Å². The van der Waals surface area contributed by atoms with E-state index in [0.29, 0.717) is 23.3 Å². The normalized spacial score (nSPS) is 44.8. The number of rotatable bonds is 1. The number of carbonyl (C=O) groups excluding carboxylic acids is 1. The van der Waals surface area contributed by atoms with Crippen LogP contribution in [0.4, 0.5) is 0 Å². The Labute approximate surface area is 77.7 Å². The van der Waals surface area contributed by atoms with Crippen molar-refractivity contribution in [3.63, 3.8) is 0 Å². The Morgan fingerprint density at radius 1 is 1.50 bits per heavy atom. The van der Waals surface area contributed by atoms with Crippen LogP contribution in [0.1, 0.15) is 26.2 Å². The van der Waals surface area contributed by atoms with Crippen LogP contribution in [0, 0.1) is 11.8 Å². The number of fused-ring (bicyclic) bond motifs is 2. The molecule has 2 bridgehead atoms. The van der Waals surface area contributed by atoms with E-state index in [2.05, 4.69) is 5.32 Å². The van der Waals surface area contributed by atoms with Gasteiger partial charge in [0.1, 0.15) is 0 Å². The lowest BCUT2D eigenvalue weighted by Gasteiger charge is -2.21. The molecule has 3 heteroatoms. The molecule has 2 nitrogen and oxygen atoms in total. The van der Waals surface area contributed by atoms with E-state index < -0.39 is 0 Å². The molecule has 2 rings (SSSR count). The van der Waals surface area contributed by atoms with Gasteiger partial charge < -0.3 is 5.32 Å². The second-order valence-corrected chi connectivity index (χ2v) is 4.49. The molecule has 68 valence electrons. The third-order valence-corrected chi connectivity index (χ3v) is 3.87. The summed E-state index contributed by atoms with van der Waals surface area (Å²) in [5.74, 6) is 1.28. The first-order valence-electron chi connectivity index (χ1n) is 4.59. The second kappa shape index (κ2) is 2.91.